The van der Waals surface area contributed by atoms with Gasteiger partial charge in [-0.15, -0.1) is 0 Å². The van der Waals surface area contributed by atoms with Crippen LogP contribution in [0.1, 0.15) is 68.9 Å². The van der Waals surface area contributed by atoms with Gasteiger partial charge in [-0.3, -0.25) is 0 Å². The van der Waals surface area contributed by atoms with E-state index in [0.29, 0.717) is 12.0 Å². The molecule has 2 nitrogen and oxygen atoms in total. The van der Waals surface area contributed by atoms with Crippen molar-refractivity contribution in [2.75, 3.05) is 6.61 Å². The molecule has 1 heterocycles. The van der Waals surface area contributed by atoms with Crippen molar-refractivity contribution in [3.05, 3.63) is 35.4 Å². The van der Waals surface area contributed by atoms with Crippen LogP contribution in [0.25, 0.3) is 0 Å². The van der Waals surface area contributed by atoms with Crippen LogP contribution in [0.5, 0.6) is 0 Å². The first-order chi connectivity index (χ1) is 9.83. The van der Waals surface area contributed by atoms with E-state index in [9.17, 15) is 0 Å². The number of benzene rings is 1. The first-order valence-corrected chi connectivity index (χ1v) is 7.95. The summed E-state index contributed by atoms with van der Waals surface area (Å²) in [6.45, 7) is 3.09. The van der Waals surface area contributed by atoms with Gasteiger partial charge in [0, 0.05) is 5.92 Å². The molecule has 1 aromatic rings. The third-order valence-corrected chi connectivity index (χ3v) is 4.26. The third kappa shape index (κ3) is 4.35. The quantitative estimate of drug-likeness (QED) is 0.697. The lowest BCUT2D eigenvalue weighted by molar-refractivity contribution is -0.00212. The van der Waals surface area contributed by atoms with Gasteiger partial charge in [-0.25, -0.2) is 0 Å². The minimum absolute atomic E-state index is 0.474. The van der Waals surface area contributed by atoms with Crippen LogP contribution in [-0.4, -0.2) is 12.7 Å². The number of rotatable bonds is 6. The maximum absolute atomic E-state index is 8.82. The molecule has 0 N–H and O–H groups in total. The van der Waals surface area contributed by atoms with E-state index in [1.807, 2.05) is 12.1 Å². The lowest BCUT2D eigenvalue weighted by atomic mass is 9.89. The predicted octanol–water partition coefficient (Wildman–Crippen LogP) is 4.79. The normalized spacial score (nSPS) is 22.4. The van der Waals surface area contributed by atoms with Gasteiger partial charge in [0.1, 0.15) is 0 Å². The molecule has 1 aromatic carbocycles. The molecule has 2 unspecified atom stereocenters. The van der Waals surface area contributed by atoms with Crippen LogP contribution in [0.15, 0.2) is 24.3 Å². The molecule has 1 fully saturated rings. The smallest absolute Gasteiger partial charge is 0.0991 e. The second kappa shape index (κ2) is 8.07. The van der Waals surface area contributed by atoms with Gasteiger partial charge in [0.25, 0.3) is 0 Å². The van der Waals surface area contributed by atoms with Crippen molar-refractivity contribution in [1.29, 1.82) is 5.26 Å². The molecular formula is C18H25NO. The molecule has 1 aliphatic heterocycles. The van der Waals surface area contributed by atoms with Gasteiger partial charge in [-0.05, 0) is 37.0 Å². The maximum Gasteiger partial charge on any atom is 0.0991 e. The summed E-state index contributed by atoms with van der Waals surface area (Å²) >= 11 is 0. The molecule has 0 saturated carbocycles. The second-order valence-electron chi connectivity index (χ2n) is 5.81. The van der Waals surface area contributed by atoms with Gasteiger partial charge < -0.3 is 4.74 Å². The molecule has 0 aromatic heterocycles. The number of nitriles is 1. The largest absolute Gasteiger partial charge is 0.378 e. The summed E-state index contributed by atoms with van der Waals surface area (Å²) in [5.74, 6) is 0.509. The Morgan fingerprint density at radius 1 is 1.15 bits per heavy atom. The van der Waals surface area contributed by atoms with E-state index < -0.39 is 0 Å². The Labute approximate surface area is 122 Å². The highest BCUT2D eigenvalue weighted by atomic mass is 16.5. The fourth-order valence-corrected chi connectivity index (χ4v) is 2.93. The van der Waals surface area contributed by atoms with Crippen LogP contribution < -0.4 is 0 Å². The van der Waals surface area contributed by atoms with Gasteiger partial charge in [-0.1, -0.05) is 44.7 Å². The summed E-state index contributed by atoms with van der Waals surface area (Å²) in [7, 11) is 0. The Morgan fingerprint density at radius 2 is 1.95 bits per heavy atom. The Balaban J connectivity index is 1.74. The molecule has 2 atom stereocenters. The lowest BCUT2D eigenvalue weighted by Crippen LogP contribution is -2.24. The summed E-state index contributed by atoms with van der Waals surface area (Å²) in [4.78, 5) is 0. The summed E-state index contributed by atoms with van der Waals surface area (Å²) in [5, 5.41) is 8.82. The number of nitrogens with zero attached hydrogens (tertiary/aromatic N) is 1. The van der Waals surface area contributed by atoms with Crippen molar-refractivity contribution in [3.8, 4) is 6.07 Å². The average molecular weight is 271 g/mol. The van der Waals surface area contributed by atoms with Crippen molar-refractivity contribution >= 4 is 0 Å². The van der Waals surface area contributed by atoms with Crippen molar-refractivity contribution < 1.29 is 4.74 Å². The first-order valence-electron chi connectivity index (χ1n) is 7.95. The predicted molar refractivity (Wildman–Crippen MR) is 81.6 cm³/mol. The first kappa shape index (κ1) is 15.1. The van der Waals surface area contributed by atoms with Crippen molar-refractivity contribution in [2.45, 2.75) is 63.9 Å². The zero-order valence-electron chi connectivity index (χ0n) is 12.5. The highest BCUT2D eigenvalue weighted by Gasteiger charge is 2.22. The summed E-state index contributed by atoms with van der Waals surface area (Å²) < 4.78 is 6.02. The topological polar surface area (TPSA) is 33.0 Å². The molecule has 0 amide bonds. The van der Waals surface area contributed by atoms with Gasteiger partial charge in [0.15, 0.2) is 0 Å². The Kier molecular flexibility index (Phi) is 6.08. The molecular weight excluding hydrogens is 246 g/mol. The molecule has 0 spiro atoms. The van der Waals surface area contributed by atoms with Gasteiger partial charge in [0.2, 0.25) is 0 Å². The molecule has 2 rings (SSSR count). The van der Waals surface area contributed by atoms with E-state index in [0.717, 1.165) is 12.2 Å². The number of hydrogen-bond donors (Lipinski definition) is 0. The van der Waals surface area contributed by atoms with Crippen LogP contribution in [0, 0.1) is 11.3 Å². The number of ether oxygens (including phenoxy) is 1. The molecule has 2 heteroatoms. The Hall–Kier alpha value is -1.33. The maximum atomic E-state index is 8.82. The Morgan fingerprint density at radius 3 is 2.55 bits per heavy atom. The highest BCUT2D eigenvalue weighted by molar-refractivity contribution is 5.33. The molecule has 0 bridgehead atoms. The minimum atomic E-state index is 0.474. The van der Waals surface area contributed by atoms with Crippen molar-refractivity contribution in [3.63, 3.8) is 0 Å². The summed E-state index contributed by atoms with van der Waals surface area (Å²) in [5.41, 5.74) is 2.05. The van der Waals surface area contributed by atoms with Crippen LogP contribution >= 0.6 is 0 Å². The standard InChI is InChI=1S/C18H25NO/c1-2-3-4-5-6-18-12-11-17(14-20-18)16-9-7-15(13-19)8-10-16/h7-10,17-18H,2-6,11-12,14H2,1H3. The lowest BCUT2D eigenvalue weighted by Gasteiger charge is -2.29. The van der Waals surface area contributed by atoms with Crippen LogP contribution in [-0.2, 0) is 4.74 Å². The molecule has 1 saturated heterocycles. The molecule has 108 valence electrons. The van der Waals surface area contributed by atoms with E-state index in [1.165, 1.54) is 50.5 Å². The fourth-order valence-electron chi connectivity index (χ4n) is 2.93. The van der Waals surface area contributed by atoms with E-state index in [-0.39, 0.29) is 0 Å². The van der Waals surface area contributed by atoms with Crippen LogP contribution in [0.4, 0.5) is 0 Å². The van der Waals surface area contributed by atoms with E-state index in [2.05, 4.69) is 25.1 Å². The van der Waals surface area contributed by atoms with E-state index >= 15 is 0 Å². The van der Waals surface area contributed by atoms with Gasteiger partial charge >= 0.3 is 0 Å². The van der Waals surface area contributed by atoms with Crippen molar-refractivity contribution in [1.82, 2.24) is 0 Å². The molecule has 0 aliphatic carbocycles. The fraction of sp³-hybridized carbons (Fsp3) is 0.611. The zero-order valence-corrected chi connectivity index (χ0v) is 12.5. The molecule has 1 aliphatic rings. The highest BCUT2D eigenvalue weighted by Crippen LogP contribution is 2.30. The minimum Gasteiger partial charge on any atom is -0.378 e. The number of unbranched alkanes of at least 4 members (excludes halogenated alkanes) is 3. The summed E-state index contributed by atoms with van der Waals surface area (Å²) in [6, 6.07) is 10.1. The monoisotopic (exact) mass is 271 g/mol. The third-order valence-electron chi connectivity index (χ3n) is 4.26. The average Bonchev–Trinajstić information content (AvgIpc) is 2.52. The summed E-state index contributed by atoms with van der Waals surface area (Å²) in [6.07, 6.45) is 9.38. The Bertz CT molecular complexity index is 424. The van der Waals surface area contributed by atoms with Crippen molar-refractivity contribution in [2.24, 2.45) is 0 Å². The SMILES string of the molecule is CCCCCCC1CCC(c2ccc(C#N)cc2)CO1. The van der Waals surface area contributed by atoms with Crippen LogP contribution in [0.3, 0.4) is 0 Å². The molecule has 20 heavy (non-hydrogen) atoms. The van der Waals surface area contributed by atoms with Gasteiger partial charge in [-0.2, -0.15) is 5.26 Å². The van der Waals surface area contributed by atoms with E-state index in [1.54, 1.807) is 0 Å². The van der Waals surface area contributed by atoms with Crippen LogP contribution in [0.2, 0.25) is 0 Å². The zero-order chi connectivity index (χ0) is 14.2. The molecule has 0 radical (unpaired) electrons. The van der Waals surface area contributed by atoms with E-state index in [4.69, 9.17) is 10.00 Å². The number of hydrogen-bond acceptors (Lipinski definition) is 2. The second-order valence-corrected chi connectivity index (χ2v) is 5.81. The van der Waals surface area contributed by atoms with Gasteiger partial charge in [0.05, 0.1) is 24.3 Å².